The number of imidazole rings is 1. The van der Waals surface area contributed by atoms with Crippen LogP contribution in [0.3, 0.4) is 0 Å². The number of halogens is 2. The molecule has 1 aliphatic heterocycles. The van der Waals surface area contributed by atoms with Crippen molar-refractivity contribution in [3.8, 4) is 0 Å². The fourth-order valence-corrected chi connectivity index (χ4v) is 4.50. The lowest BCUT2D eigenvalue weighted by Gasteiger charge is -2.37. The van der Waals surface area contributed by atoms with Crippen LogP contribution >= 0.6 is 11.6 Å². The van der Waals surface area contributed by atoms with Crippen LogP contribution in [0.4, 0.5) is 4.39 Å². The van der Waals surface area contributed by atoms with Crippen molar-refractivity contribution < 1.29 is 12.8 Å². The molecule has 1 N–H and O–H groups in total. The van der Waals surface area contributed by atoms with Crippen molar-refractivity contribution in [3.63, 3.8) is 0 Å². The van der Waals surface area contributed by atoms with Crippen LogP contribution in [0.25, 0.3) is 0 Å². The predicted octanol–water partition coefficient (Wildman–Crippen LogP) is 2.02. The molecule has 1 aliphatic rings. The molecule has 1 aromatic carbocycles. The monoisotopic (exact) mass is 372 g/mol. The molecule has 0 saturated carbocycles. The summed E-state index contributed by atoms with van der Waals surface area (Å²) < 4.78 is 40.1. The minimum Gasteiger partial charge on any atom is -0.347 e. The van der Waals surface area contributed by atoms with E-state index in [1.165, 1.54) is 22.5 Å². The maximum absolute atomic E-state index is 13.2. The molecule has 1 aromatic heterocycles. The number of piperazine rings is 1. The van der Waals surface area contributed by atoms with Gasteiger partial charge in [-0.05, 0) is 24.7 Å². The quantitative estimate of drug-likeness (QED) is 0.891. The van der Waals surface area contributed by atoms with Crippen molar-refractivity contribution >= 4 is 21.6 Å². The molecule has 2 heterocycles. The average molecular weight is 373 g/mol. The van der Waals surface area contributed by atoms with Gasteiger partial charge >= 0.3 is 0 Å². The fourth-order valence-electron chi connectivity index (χ4n) is 2.79. The average Bonchev–Trinajstić information content (AvgIpc) is 3.05. The first-order valence-electron chi connectivity index (χ1n) is 7.48. The van der Waals surface area contributed by atoms with E-state index in [2.05, 4.69) is 14.9 Å². The largest absolute Gasteiger partial charge is 0.347 e. The standard InChI is InChI=1S/C15H18ClFN4O2S/c1-20-6-7-21(9-14(20)15-18-4-5-19-15)24(22,23)10-11-2-3-13(17)12(16)8-11/h2-5,8,14H,6-7,9-10H2,1H3,(H,18,19). The first-order chi connectivity index (χ1) is 11.4. The number of hydrogen-bond donors (Lipinski definition) is 1. The zero-order valence-electron chi connectivity index (χ0n) is 13.1. The topological polar surface area (TPSA) is 69.3 Å². The lowest BCUT2D eigenvalue weighted by Crippen LogP contribution is -2.49. The number of aromatic amines is 1. The van der Waals surface area contributed by atoms with E-state index in [0.717, 1.165) is 5.82 Å². The summed E-state index contributed by atoms with van der Waals surface area (Å²) in [5.74, 6) is -0.0285. The highest BCUT2D eigenvalue weighted by molar-refractivity contribution is 7.88. The second kappa shape index (κ2) is 6.79. The third-order valence-electron chi connectivity index (χ3n) is 4.17. The first-order valence-corrected chi connectivity index (χ1v) is 9.47. The number of nitrogens with one attached hydrogen (secondary N) is 1. The Balaban J connectivity index is 1.77. The van der Waals surface area contributed by atoms with Crippen molar-refractivity contribution in [1.29, 1.82) is 0 Å². The number of likely N-dealkylation sites (N-methyl/N-ethyl adjacent to an activating group) is 1. The number of sulfonamides is 1. The molecule has 9 heteroatoms. The fraction of sp³-hybridized carbons (Fsp3) is 0.400. The van der Waals surface area contributed by atoms with Gasteiger partial charge in [0.25, 0.3) is 0 Å². The number of benzene rings is 1. The van der Waals surface area contributed by atoms with E-state index >= 15 is 0 Å². The SMILES string of the molecule is CN1CCN(S(=O)(=O)Cc2ccc(F)c(Cl)c2)CC1c1ncc[nH]1. The molecular weight excluding hydrogens is 355 g/mol. The second-order valence-electron chi connectivity index (χ2n) is 5.83. The lowest BCUT2D eigenvalue weighted by molar-refractivity contribution is 0.142. The van der Waals surface area contributed by atoms with Gasteiger partial charge < -0.3 is 4.98 Å². The van der Waals surface area contributed by atoms with Gasteiger partial charge in [-0.3, -0.25) is 4.90 Å². The van der Waals surface area contributed by atoms with E-state index in [1.54, 1.807) is 12.4 Å². The molecule has 2 aromatic rings. The first kappa shape index (κ1) is 17.3. The Labute approximate surface area is 145 Å². The Bertz CT molecular complexity index is 813. The van der Waals surface area contributed by atoms with Crippen LogP contribution < -0.4 is 0 Å². The van der Waals surface area contributed by atoms with Gasteiger partial charge in [-0.25, -0.2) is 17.8 Å². The van der Waals surface area contributed by atoms with E-state index < -0.39 is 15.8 Å². The van der Waals surface area contributed by atoms with E-state index in [-0.39, 0.29) is 16.8 Å². The summed E-state index contributed by atoms with van der Waals surface area (Å²) in [6, 6.07) is 3.86. The summed E-state index contributed by atoms with van der Waals surface area (Å²) in [6.45, 7) is 1.33. The van der Waals surface area contributed by atoms with Crippen molar-refractivity contribution in [3.05, 3.63) is 52.8 Å². The van der Waals surface area contributed by atoms with Gasteiger partial charge in [-0.2, -0.15) is 4.31 Å². The molecule has 0 aliphatic carbocycles. The molecule has 0 radical (unpaired) electrons. The van der Waals surface area contributed by atoms with E-state index in [0.29, 0.717) is 25.2 Å². The van der Waals surface area contributed by atoms with Crippen LogP contribution in [0.2, 0.25) is 5.02 Å². The van der Waals surface area contributed by atoms with E-state index in [1.807, 2.05) is 7.05 Å². The van der Waals surface area contributed by atoms with Gasteiger partial charge in [0.1, 0.15) is 11.6 Å². The van der Waals surface area contributed by atoms with Crippen LogP contribution in [0.5, 0.6) is 0 Å². The maximum Gasteiger partial charge on any atom is 0.218 e. The molecule has 1 atom stereocenters. The number of hydrogen-bond acceptors (Lipinski definition) is 4. The maximum atomic E-state index is 13.2. The molecule has 1 saturated heterocycles. The van der Waals surface area contributed by atoms with Gasteiger partial charge in [0.05, 0.1) is 16.8 Å². The molecule has 130 valence electrons. The number of H-pyrrole nitrogens is 1. The Morgan fingerprint density at radius 3 is 2.88 bits per heavy atom. The highest BCUT2D eigenvalue weighted by atomic mass is 35.5. The Hall–Kier alpha value is -1.48. The van der Waals surface area contributed by atoms with E-state index in [4.69, 9.17) is 11.6 Å². The molecular formula is C15H18ClFN4O2S. The van der Waals surface area contributed by atoms with Gasteiger partial charge in [0.2, 0.25) is 10.0 Å². The summed E-state index contributed by atoms with van der Waals surface area (Å²) in [6.07, 6.45) is 3.37. The summed E-state index contributed by atoms with van der Waals surface area (Å²) in [7, 11) is -1.59. The summed E-state index contributed by atoms with van der Waals surface area (Å²) in [5.41, 5.74) is 0.467. The van der Waals surface area contributed by atoms with Gasteiger partial charge in [0.15, 0.2) is 0 Å². The van der Waals surface area contributed by atoms with Crippen LogP contribution in [0.1, 0.15) is 17.4 Å². The minimum absolute atomic E-state index is 0.0745. The lowest BCUT2D eigenvalue weighted by atomic mass is 10.2. The molecule has 0 spiro atoms. The van der Waals surface area contributed by atoms with Crippen molar-refractivity contribution in [1.82, 2.24) is 19.2 Å². The predicted molar refractivity (Wildman–Crippen MR) is 89.6 cm³/mol. The molecule has 0 bridgehead atoms. The van der Waals surface area contributed by atoms with Crippen molar-refractivity contribution in [2.45, 2.75) is 11.8 Å². The smallest absolute Gasteiger partial charge is 0.218 e. The highest BCUT2D eigenvalue weighted by Gasteiger charge is 2.33. The van der Waals surface area contributed by atoms with Crippen LogP contribution in [-0.2, 0) is 15.8 Å². The number of rotatable bonds is 4. The van der Waals surface area contributed by atoms with Crippen molar-refractivity contribution in [2.75, 3.05) is 26.7 Å². The Kier molecular flexibility index (Phi) is 4.91. The van der Waals surface area contributed by atoms with Gasteiger partial charge in [-0.1, -0.05) is 17.7 Å². The zero-order chi connectivity index (χ0) is 17.3. The highest BCUT2D eigenvalue weighted by Crippen LogP contribution is 2.25. The molecule has 0 amide bonds. The molecule has 1 fully saturated rings. The zero-order valence-corrected chi connectivity index (χ0v) is 14.7. The second-order valence-corrected chi connectivity index (χ2v) is 8.21. The summed E-state index contributed by atoms with van der Waals surface area (Å²) in [5, 5.41) is -0.0745. The molecule has 24 heavy (non-hydrogen) atoms. The van der Waals surface area contributed by atoms with Crippen LogP contribution in [-0.4, -0.2) is 54.3 Å². The Morgan fingerprint density at radius 2 is 2.21 bits per heavy atom. The number of nitrogens with zero attached hydrogens (tertiary/aromatic N) is 3. The third kappa shape index (κ3) is 3.61. The van der Waals surface area contributed by atoms with Crippen LogP contribution in [0, 0.1) is 5.82 Å². The van der Waals surface area contributed by atoms with Crippen LogP contribution in [0.15, 0.2) is 30.6 Å². The van der Waals surface area contributed by atoms with Gasteiger partial charge in [-0.15, -0.1) is 0 Å². The van der Waals surface area contributed by atoms with E-state index in [9.17, 15) is 12.8 Å². The Morgan fingerprint density at radius 1 is 1.42 bits per heavy atom. The molecule has 3 rings (SSSR count). The third-order valence-corrected chi connectivity index (χ3v) is 6.28. The minimum atomic E-state index is -3.53. The molecule has 1 unspecified atom stereocenters. The normalized spacial score (nSPS) is 20.4. The van der Waals surface area contributed by atoms with Gasteiger partial charge in [0, 0.05) is 32.0 Å². The summed E-state index contributed by atoms with van der Waals surface area (Å²) >= 11 is 5.74. The number of aromatic nitrogens is 2. The summed E-state index contributed by atoms with van der Waals surface area (Å²) in [4.78, 5) is 9.34. The van der Waals surface area contributed by atoms with Crippen molar-refractivity contribution in [2.24, 2.45) is 0 Å². The molecule has 6 nitrogen and oxygen atoms in total.